The maximum atomic E-state index is 13.3. The minimum Gasteiger partial charge on any atom is -0.497 e. The number of halogens is 4. The standard InChI is InChI=1S/C20H16BrF3N4O2/c1-29-12-4-3-11(18(5-12)30-2)8-26-19-17-9-25-10-28(17)16-7-14(21)13(20(22,23)24)6-15(16)27-19/h3-7,9-10H,8H2,1-2H3,(H,26,27). The number of aromatic nitrogens is 3. The van der Waals surface area contributed by atoms with Crippen LogP contribution in [0.2, 0.25) is 0 Å². The van der Waals surface area contributed by atoms with Gasteiger partial charge in [0.05, 0.1) is 43.3 Å². The van der Waals surface area contributed by atoms with E-state index >= 15 is 0 Å². The van der Waals surface area contributed by atoms with Crippen LogP contribution in [-0.4, -0.2) is 28.6 Å². The van der Waals surface area contributed by atoms with Crippen LogP contribution in [-0.2, 0) is 12.7 Å². The maximum absolute atomic E-state index is 13.3. The van der Waals surface area contributed by atoms with E-state index < -0.39 is 11.7 Å². The fourth-order valence-corrected chi connectivity index (χ4v) is 3.75. The van der Waals surface area contributed by atoms with Crippen molar-refractivity contribution in [1.82, 2.24) is 14.4 Å². The van der Waals surface area contributed by atoms with E-state index in [1.54, 1.807) is 36.9 Å². The van der Waals surface area contributed by atoms with Gasteiger partial charge in [-0.2, -0.15) is 13.2 Å². The lowest BCUT2D eigenvalue weighted by Crippen LogP contribution is -2.08. The molecule has 0 saturated carbocycles. The Morgan fingerprint density at radius 1 is 1.10 bits per heavy atom. The number of nitrogens with zero attached hydrogens (tertiary/aromatic N) is 3. The molecular formula is C20H16BrF3N4O2. The Labute approximate surface area is 177 Å². The highest BCUT2D eigenvalue weighted by Gasteiger charge is 2.33. The van der Waals surface area contributed by atoms with E-state index in [0.717, 1.165) is 11.6 Å². The smallest absolute Gasteiger partial charge is 0.417 e. The van der Waals surface area contributed by atoms with Crippen LogP contribution in [0, 0.1) is 0 Å². The number of imidazole rings is 1. The lowest BCUT2D eigenvalue weighted by atomic mass is 10.1. The van der Waals surface area contributed by atoms with Crippen LogP contribution < -0.4 is 14.8 Å². The monoisotopic (exact) mass is 480 g/mol. The van der Waals surface area contributed by atoms with Crippen molar-refractivity contribution in [2.45, 2.75) is 12.7 Å². The number of alkyl halides is 3. The quantitative estimate of drug-likeness (QED) is 0.420. The van der Waals surface area contributed by atoms with Crippen LogP contribution in [0.1, 0.15) is 11.1 Å². The summed E-state index contributed by atoms with van der Waals surface area (Å²) in [4.78, 5) is 8.57. The second kappa shape index (κ2) is 7.67. The van der Waals surface area contributed by atoms with Gasteiger partial charge in [0.15, 0.2) is 5.82 Å². The van der Waals surface area contributed by atoms with Crippen molar-refractivity contribution in [2.75, 3.05) is 19.5 Å². The zero-order valence-corrected chi connectivity index (χ0v) is 17.5. The van der Waals surface area contributed by atoms with Gasteiger partial charge in [-0.25, -0.2) is 9.97 Å². The van der Waals surface area contributed by atoms with Crippen LogP contribution in [0.4, 0.5) is 19.0 Å². The van der Waals surface area contributed by atoms with E-state index in [-0.39, 0.29) is 9.99 Å². The zero-order chi connectivity index (χ0) is 21.5. The molecule has 4 aromatic rings. The number of rotatable bonds is 5. The average Bonchev–Trinajstić information content (AvgIpc) is 3.21. The van der Waals surface area contributed by atoms with Gasteiger partial charge in [-0.1, -0.05) is 15.9 Å². The molecule has 1 N–H and O–H groups in total. The first-order chi connectivity index (χ1) is 14.3. The number of methoxy groups -OCH3 is 2. The predicted molar refractivity (Wildman–Crippen MR) is 110 cm³/mol. The van der Waals surface area contributed by atoms with Crippen molar-refractivity contribution >= 4 is 38.3 Å². The van der Waals surface area contributed by atoms with Gasteiger partial charge in [0.25, 0.3) is 0 Å². The molecule has 0 amide bonds. The highest BCUT2D eigenvalue weighted by atomic mass is 79.9. The van der Waals surface area contributed by atoms with Gasteiger partial charge >= 0.3 is 6.18 Å². The number of hydrogen-bond acceptors (Lipinski definition) is 5. The Morgan fingerprint density at radius 2 is 1.90 bits per heavy atom. The Morgan fingerprint density at radius 3 is 2.60 bits per heavy atom. The molecule has 0 aliphatic carbocycles. The summed E-state index contributed by atoms with van der Waals surface area (Å²) in [7, 11) is 3.12. The van der Waals surface area contributed by atoms with Gasteiger partial charge in [0.1, 0.15) is 17.0 Å². The molecular weight excluding hydrogens is 465 g/mol. The average molecular weight is 481 g/mol. The van der Waals surface area contributed by atoms with Crippen molar-refractivity contribution in [3.05, 3.63) is 58.5 Å². The number of nitrogens with one attached hydrogen (secondary N) is 1. The second-order valence-electron chi connectivity index (χ2n) is 6.46. The highest BCUT2D eigenvalue weighted by molar-refractivity contribution is 9.10. The van der Waals surface area contributed by atoms with Gasteiger partial charge in [0, 0.05) is 22.6 Å². The van der Waals surface area contributed by atoms with E-state index in [1.807, 2.05) is 6.07 Å². The summed E-state index contributed by atoms with van der Waals surface area (Å²) in [6.45, 7) is 0.342. The van der Waals surface area contributed by atoms with Crippen molar-refractivity contribution in [1.29, 1.82) is 0 Å². The summed E-state index contributed by atoms with van der Waals surface area (Å²) < 4.78 is 52.2. The third kappa shape index (κ3) is 3.62. The fourth-order valence-electron chi connectivity index (χ4n) is 3.20. The van der Waals surface area contributed by atoms with E-state index in [1.165, 1.54) is 12.4 Å². The second-order valence-corrected chi connectivity index (χ2v) is 7.31. The Bertz CT molecular complexity index is 1240. The third-order valence-electron chi connectivity index (χ3n) is 4.68. The van der Waals surface area contributed by atoms with Crippen molar-refractivity contribution < 1.29 is 22.6 Å². The lowest BCUT2D eigenvalue weighted by Gasteiger charge is -2.15. The molecule has 0 radical (unpaired) electrons. The van der Waals surface area contributed by atoms with E-state index in [0.29, 0.717) is 34.9 Å². The summed E-state index contributed by atoms with van der Waals surface area (Å²) in [6, 6.07) is 7.83. The molecule has 2 heterocycles. The predicted octanol–water partition coefficient (Wildman–Crippen LogP) is 5.29. The molecule has 0 aliphatic heterocycles. The molecule has 0 spiro atoms. The molecule has 0 bridgehead atoms. The summed E-state index contributed by atoms with van der Waals surface area (Å²) >= 11 is 3.01. The number of fused-ring (bicyclic) bond motifs is 3. The molecule has 6 nitrogen and oxygen atoms in total. The Hall–Kier alpha value is -3.01. The maximum Gasteiger partial charge on any atom is 0.417 e. The van der Waals surface area contributed by atoms with Crippen LogP contribution >= 0.6 is 15.9 Å². The largest absolute Gasteiger partial charge is 0.497 e. The molecule has 0 aliphatic rings. The van der Waals surface area contributed by atoms with Gasteiger partial charge in [0.2, 0.25) is 0 Å². The summed E-state index contributed by atoms with van der Waals surface area (Å²) in [5.41, 5.74) is 1.39. The van der Waals surface area contributed by atoms with E-state index in [4.69, 9.17) is 9.47 Å². The number of hydrogen-bond donors (Lipinski definition) is 1. The number of benzene rings is 2. The Balaban J connectivity index is 1.77. The van der Waals surface area contributed by atoms with Gasteiger partial charge < -0.3 is 14.8 Å². The van der Waals surface area contributed by atoms with Crippen molar-refractivity contribution in [2.24, 2.45) is 0 Å². The van der Waals surface area contributed by atoms with E-state index in [2.05, 4.69) is 31.2 Å². The molecule has 4 rings (SSSR count). The van der Waals surface area contributed by atoms with Gasteiger partial charge in [-0.15, -0.1) is 0 Å². The number of anilines is 1. The molecule has 0 atom stereocenters. The van der Waals surface area contributed by atoms with Crippen molar-refractivity contribution in [3.8, 4) is 11.5 Å². The molecule has 10 heteroatoms. The topological polar surface area (TPSA) is 60.7 Å². The summed E-state index contributed by atoms with van der Waals surface area (Å²) in [5, 5.41) is 3.18. The minimum atomic E-state index is -4.50. The van der Waals surface area contributed by atoms with Crippen LogP contribution in [0.5, 0.6) is 11.5 Å². The van der Waals surface area contributed by atoms with Crippen molar-refractivity contribution in [3.63, 3.8) is 0 Å². The normalized spacial score (nSPS) is 11.8. The molecule has 0 unspecified atom stereocenters. The highest BCUT2D eigenvalue weighted by Crippen LogP contribution is 2.37. The minimum absolute atomic E-state index is 0.0528. The molecule has 2 aromatic carbocycles. The first kappa shape index (κ1) is 20.3. The molecule has 30 heavy (non-hydrogen) atoms. The third-order valence-corrected chi connectivity index (χ3v) is 5.34. The molecule has 2 aromatic heterocycles. The van der Waals surface area contributed by atoms with Crippen LogP contribution in [0.25, 0.3) is 16.6 Å². The van der Waals surface area contributed by atoms with E-state index in [9.17, 15) is 13.2 Å². The summed E-state index contributed by atoms with van der Waals surface area (Å²) in [6.07, 6.45) is -1.35. The molecule has 0 saturated heterocycles. The first-order valence-corrected chi connectivity index (χ1v) is 9.58. The summed E-state index contributed by atoms with van der Waals surface area (Å²) in [5.74, 6) is 1.69. The van der Waals surface area contributed by atoms with Gasteiger partial charge in [-0.3, -0.25) is 4.40 Å². The Kier molecular flexibility index (Phi) is 5.19. The SMILES string of the molecule is COc1ccc(CNc2nc3cc(C(F)(F)F)c(Br)cc3n3cncc23)c(OC)c1. The first-order valence-electron chi connectivity index (χ1n) is 8.79. The van der Waals surface area contributed by atoms with Crippen LogP contribution in [0.15, 0.2) is 47.3 Å². The van der Waals surface area contributed by atoms with Gasteiger partial charge in [-0.05, 0) is 24.3 Å². The molecule has 0 fully saturated rings. The molecule has 156 valence electrons. The lowest BCUT2D eigenvalue weighted by molar-refractivity contribution is -0.138. The van der Waals surface area contributed by atoms with Crippen LogP contribution in [0.3, 0.4) is 0 Å². The number of ether oxygens (including phenoxy) is 2. The zero-order valence-electron chi connectivity index (χ0n) is 15.9. The fraction of sp³-hybridized carbons (Fsp3) is 0.200.